The maximum absolute atomic E-state index is 12.5. The minimum Gasteiger partial charge on any atom is -0.468 e. The van der Waals surface area contributed by atoms with E-state index in [4.69, 9.17) is 0 Å². The molecular weight excluding hydrogens is 288 g/mol. The zero-order valence-corrected chi connectivity index (χ0v) is 11.9. The lowest BCUT2D eigenvalue weighted by Gasteiger charge is -2.10. The number of nitrogens with zero attached hydrogens (tertiary/aromatic N) is 3. The Morgan fingerprint density at radius 2 is 2.23 bits per heavy atom. The molecule has 0 bridgehead atoms. The Labute approximate surface area is 125 Å². The molecule has 1 aliphatic carbocycles. The van der Waals surface area contributed by atoms with Crippen LogP contribution in [0, 0.1) is 0 Å². The summed E-state index contributed by atoms with van der Waals surface area (Å²) in [5.74, 6) is -1.30. The fourth-order valence-electron chi connectivity index (χ4n) is 2.17. The van der Waals surface area contributed by atoms with Crippen molar-refractivity contribution in [1.29, 1.82) is 0 Å². The summed E-state index contributed by atoms with van der Waals surface area (Å²) in [5, 5.41) is 2.33. The lowest BCUT2D eigenvalue weighted by molar-refractivity contribution is -0.139. The van der Waals surface area contributed by atoms with Crippen LogP contribution in [0.15, 0.2) is 23.1 Å². The Hall–Kier alpha value is -2.77. The molecule has 1 saturated carbocycles. The number of methoxy groups -OCH3 is 1. The second-order valence-electron chi connectivity index (χ2n) is 4.97. The standard InChI is InChI=1S/C14H14N4O4/c1-22-10(19)7-16-13(20)11-14(21)18(8-4-5-8)12-9(17-11)3-2-6-15-12/h2-3,6,8H,4-5,7H2,1H3,(H,16,20). The molecule has 0 saturated heterocycles. The minimum atomic E-state index is -0.699. The molecule has 2 aromatic rings. The first-order valence-corrected chi connectivity index (χ1v) is 6.84. The van der Waals surface area contributed by atoms with Crippen LogP contribution in [0.1, 0.15) is 29.4 Å². The molecule has 2 aromatic heterocycles. The van der Waals surface area contributed by atoms with E-state index in [2.05, 4.69) is 20.0 Å². The molecule has 0 atom stereocenters. The van der Waals surface area contributed by atoms with Gasteiger partial charge in [0.1, 0.15) is 12.1 Å². The molecule has 0 unspecified atom stereocenters. The molecule has 0 aliphatic heterocycles. The topological polar surface area (TPSA) is 103 Å². The summed E-state index contributed by atoms with van der Waals surface area (Å²) in [6, 6.07) is 3.44. The van der Waals surface area contributed by atoms with Crippen LogP contribution in [0.3, 0.4) is 0 Å². The number of hydrogen-bond donors (Lipinski definition) is 1. The molecule has 3 rings (SSSR count). The van der Waals surface area contributed by atoms with E-state index in [9.17, 15) is 14.4 Å². The van der Waals surface area contributed by atoms with Gasteiger partial charge in [-0.1, -0.05) is 0 Å². The molecule has 0 spiro atoms. The fraction of sp³-hybridized carbons (Fsp3) is 0.357. The number of pyridine rings is 1. The van der Waals surface area contributed by atoms with Crippen molar-refractivity contribution in [3.63, 3.8) is 0 Å². The lowest BCUT2D eigenvalue weighted by atomic mass is 10.3. The number of hydrogen-bond acceptors (Lipinski definition) is 6. The van der Waals surface area contributed by atoms with E-state index < -0.39 is 17.4 Å². The van der Waals surface area contributed by atoms with E-state index >= 15 is 0 Å². The van der Waals surface area contributed by atoms with Crippen molar-refractivity contribution in [3.05, 3.63) is 34.4 Å². The van der Waals surface area contributed by atoms with Gasteiger partial charge in [0.2, 0.25) is 0 Å². The highest BCUT2D eigenvalue weighted by Gasteiger charge is 2.29. The van der Waals surface area contributed by atoms with Crippen LogP contribution in [-0.2, 0) is 9.53 Å². The highest BCUT2D eigenvalue weighted by Crippen LogP contribution is 2.35. The van der Waals surface area contributed by atoms with Crippen molar-refractivity contribution in [3.8, 4) is 0 Å². The average Bonchev–Trinajstić information content (AvgIpc) is 3.36. The third-order valence-corrected chi connectivity index (χ3v) is 3.40. The quantitative estimate of drug-likeness (QED) is 0.799. The molecule has 8 nitrogen and oxygen atoms in total. The molecule has 1 N–H and O–H groups in total. The number of aromatic nitrogens is 3. The molecule has 1 aliphatic rings. The maximum atomic E-state index is 12.5. The van der Waals surface area contributed by atoms with Gasteiger partial charge < -0.3 is 10.1 Å². The molecule has 0 radical (unpaired) electrons. The van der Waals surface area contributed by atoms with Crippen molar-refractivity contribution >= 4 is 23.0 Å². The lowest BCUT2D eigenvalue weighted by Crippen LogP contribution is -2.37. The molecule has 1 fully saturated rings. The third-order valence-electron chi connectivity index (χ3n) is 3.40. The van der Waals surface area contributed by atoms with E-state index in [1.807, 2.05) is 0 Å². The number of nitrogens with one attached hydrogen (secondary N) is 1. The minimum absolute atomic E-state index is 0.0556. The average molecular weight is 302 g/mol. The predicted octanol–water partition coefficient (Wildman–Crippen LogP) is 0.0292. The number of fused-ring (bicyclic) bond motifs is 1. The SMILES string of the molecule is COC(=O)CNC(=O)c1nc2cccnc2n(C2CC2)c1=O. The van der Waals surface area contributed by atoms with E-state index in [-0.39, 0.29) is 18.3 Å². The number of esters is 1. The van der Waals surface area contributed by atoms with Crippen molar-refractivity contribution in [2.75, 3.05) is 13.7 Å². The Morgan fingerprint density at radius 1 is 1.45 bits per heavy atom. The van der Waals surface area contributed by atoms with Crippen molar-refractivity contribution in [2.45, 2.75) is 18.9 Å². The molecule has 22 heavy (non-hydrogen) atoms. The summed E-state index contributed by atoms with van der Waals surface area (Å²) < 4.78 is 5.95. The summed E-state index contributed by atoms with van der Waals surface area (Å²) in [4.78, 5) is 44.0. The second-order valence-corrected chi connectivity index (χ2v) is 4.97. The maximum Gasteiger partial charge on any atom is 0.325 e. The molecule has 114 valence electrons. The Balaban J connectivity index is 2.03. The molecule has 1 amide bonds. The Morgan fingerprint density at radius 3 is 2.91 bits per heavy atom. The van der Waals surface area contributed by atoms with Gasteiger partial charge in [-0.2, -0.15) is 0 Å². The largest absolute Gasteiger partial charge is 0.468 e. The van der Waals surface area contributed by atoms with E-state index in [1.54, 1.807) is 18.3 Å². The van der Waals surface area contributed by atoms with Crippen molar-refractivity contribution in [1.82, 2.24) is 19.9 Å². The van der Waals surface area contributed by atoms with Crippen LogP contribution in [0.2, 0.25) is 0 Å². The monoisotopic (exact) mass is 302 g/mol. The molecule has 0 aromatic carbocycles. The normalized spacial score (nSPS) is 13.9. The van der Waals surface area contributed by atoms with E-state index in [0.717, 1.165) is 12.8 Å². The zero-order valence-electron chi connectivity index (χ0n) is 11.9. The van der Waals surface area contributed by atoms with Gasteiger partial charge in [0.25, 0.3) is 11.5 Å². The smallest absolute Gasteiger partial charge is 0.325 e. The number of amides is 1. The first-order chi connectivity index (χ1) is 10.6. The fourth-order valence-corrected chi connectivity index (χ4v) is 2.17. The summed E-state index contributed by atoms with van der Waals surface area (Å²) >= 11 is 0. The summed E-state index contributed by atoms with van der Waals surface area (Å²) in [6.45, 7) is -0.315. The third kappa shape index (κ3) is 2.54. The van der Waals surface area contributed by atoms with Gasteiger partial charge in [-0.25, -0.2) is 9.97 Å². The highest BCUT2D eigenvalue weighted by molar-refractivity contribution is 5.95. The highest BCUT2D eigenvalue weighted by atomic mass is 16.5. The summed E-state index contributed by atoms with van der Waals surface area (Å²) in [5.41, 5.74) is 0.212. The van der Waals surface area contributed by atoms with Crippen LogP contribution in [0.5, 0.6) is 0 Å². The predicted molar refractivity (Wildman–Crippen MR) is 76.4 cm³/mol. The van der Waals surface area contributed by atoms with E-state index in [1.165, 1.54) is 11.7 Å². The van der Waals surface area contributed by atoms with Crippen LogP contribution < -0.4 is 10.9 Å². The van der Waals surface area contributed by atoms with Crippen LogP contribution in [-0.4, -0.2) is 40.1 Å². The van der Waals surface area contributed by atoms with Gasteiger partial charge in [-0.15, -0.1) is 0 Å². The summed E-state index contributed by atoms with van der Waals surface area (Å²) in [7, 11) is 1.22. The van der Waals surface area contributed by atoms with Gasteiger partial charge >= 0.3 is 5.97 Å². The van der Waals surface area contributed by atoms with Gasteiger partial charge in [0.05, 0.1) is 7.11 Å². The first kappa shape index (κ1) is 14.2. The van der Waals surface area contributed by atoms with Crippen molar-refractivity contribution in [2.24, 2.45) is 0 Å². The van der Waals surface area contributed by atoms with Crippen molar-refractivity contribution < 1.29 is 14.3 Å². The Kier molecular flexibility index (Phi) is 3.58. The second kappa shape index (κ2) is 5.55. The molecule has 2 heterocycles. The van der Waals surface area contributed by atoms with Gasteiger partial charge in [0, 0.05) is 12.2 Å². The number of carbonyl (C=O) groups is 2. The van der Waals surface area contributed by atoms with E-state index in [0.29, 0.717) is 11.2 Å². The van der Waals surface area contributed by atoms with Gasteiger partial charge in [-0.3, -0.25) is 19.0 Å². The number of ether oxygens (including phenoxy) is 1. The zero-order chi connectivity index (χ0) is 15.7. The molecule has 8 heteroatoms. The number of carbonyl (C=O) groups excluding carboxylic acids is 2. The Bertz CT molecular complexity index is 810. The number of rotatable bonds is 4. The van der Waals surface area contributed by atoms with Gasteiger partial charge in [0.15, 0.2) is 11.3 Å². The van der Waals surface area contributed by atoms with Crippen LogP contribution >= 0.6 is 0 Å². The first-order valence-electron chi connectivity index (χ1n) is 6.84. The molecular formula is C14H14N4O4. The van der Waals surface area contributed by atoms with Gasteiger partial charge in [-0.05, 0) is 25.0 Å². The van der Waals surface area contributed by atoms with Crippen LogP contribution in [0.4, 0.5) is 0 Å². The van der Waals surface area contributed by atoms with Crippen LogP contribution in [0.25, 0.3) is 11.2 Å². The summed E-state index contributed by atoms with van der Waals surface area (Å²) in [6.07, 6.45) is 3.33.